The maximum absolute atomic E-state index is 12.2. The van der Waals surface area contributed by atoms with Gasteiger partial charge in [0, 0.05) is 25.9 Å². The van der Waals surface area contributed by atoms with E-state index in [0.717, 1.165) is 0 Å². The van der Waals surface area contributed by atoms with Crippen molar-refractivity contribution in [1.82, 2.24) is 10.6 Å². The molecule has 0 aliphatic rings. The number of para-hydroxylation sites is 2. The topological polar surface area (TPSA) is 135 Å². The molecule has 0 aliphatic carbocycles. The lowest BCUT2D eigenvalue weighted by Gasteiger charge is -2.19. The molecule has 1 rings (SSSR count). The van der Waals surface area contributed by atoms with Gasteiger partial charge in [-0.25, -0.2) is 9.59 Å². The summed E-state index contributed by atoms with van der Waals surface area (Å²) in [5.74, 6) is -0.677. The van der Waals surface area contributed by atoms with Crippen LogP contribution in [0.3, 0.4) is 0 Å². The van der Waals surface area contributed by atoms with Gasteiger partial charge in [0.05, 0.1) is 11.4 Å². The van der Waals surface area contributed by atoms with Crippen molar-refractivity contribution in [2.24, 2.45) is 0 Å². The molecule has 0 radical (unpaired) electrons. The summed E-state index contributed by atoms with van der Waals surface area (Å²) >= 11 is 0. The molecular weight excluding hydrogens is 416 g/mol. The van der Waals surface area contributed by atoms with Gasteiger partial charge in [0.15, 0.2) is 0 Å². The Morgan fingerprint density at radius 1 is 0.688 bits per heavy atom. The van der Waals surface area contributed by atoms with E-state index in [4.69, 9.17) is 9.47 Å². The Balaban J connectivity index is 2.47. The highest BCUT2D eigenvalue weighted by Crippen LogP contribution is 2.21. The second-order valence-corrected chi connectivity index (χ2v) is 9.00. The number of hydrogen-bond donors (Lipinski definition) is 4. The van der Waals surface area contributed by atoms with E-state index in [1.54, 1.807) is 65.8 Å². The first-order valence-corrected chi connectivity index (χ1v) is 10.4. The molecule has 4 N–H and O–H groups in total. The number of nitrogens with one attached hydrogen (secondary N) is 4. The van der Waals surface area contributed by atoms with E-state index in [2.05, 4.69) is 21.3 Å². The molecule has 0 spiro atoms. The van der Waals surface area contributed by atoms with Gasteiger partial charge in [-0.05, 0) is 53.7 Å². The molecule has 1 aromatic carbocycles. The third-order valence-corrected chi connectivity index (χ3v) is 3.52. The van der Waals surface area contributed by atoms with Gasteiger partial charge in [0.25, 0.3) is 0 Å². The molecule has 0 unspecified atom stereocenters. The monoisotopic (exact) mass is 450 g/mol. The van der Waals surface area contributed by atoms with Crippen LogP contribution in [0.25, 0.3) is 0 Å². The molecule has 0 fully saturated rings. The molecule has 178 valence electrons. The van der Waals surface area contributed by atoms with Crippen molar-refractivity contribution in [3.63, 3.8) is 0 Å². The average molecular weight is 451 g/mol. The van der Waals surface area contributed by atoms with Crippen LogP contribution in [0.4, 0.5) is 21.0 Å². The summed E-state index contributed by atoms with van der Waals surface area (Å²) in [4.78, 5) is 47.6. The molecule has 10 nitrogen and oxygen atoms in total. The minimum absolute atomic E-state index is 0.0291. The average Bonchev–Trinajstić information content (AvgIpc) is 2.60. The zero-order chi connectivity index (χ0) is 24.4. The van der Waals surface area contributed by atoms with Crippen LogP contribution < -0.4 is 21.3 Å². The summed E-state index contributed by atoms with van der Waals surface area (Å²) in [6.45, 7) is 10.7. The number of alkyl carbamates (subject to hydrolysis) is 2. The second kappa shape index (κ2) is 11.9. The fourth-order valence-electron chi connectivity index (χ4n) is 2.31. The summed E-state index contributed by atoms with van der Waals surface area (Å²) < 4.78 is 10.2. The van der Waals surface area contributed by atoms with Gasteiger partial charge in [0.2, 0.25) is 11.8 Å². The van der Waals surface area contributed by atoms with Crippen LogP contribution in [0.5, 0.6) is 0 Å². The number of anilines is 2. The molecule has 0 bridgehead atoms. The number of carbonyl (C=O) groups is 4. The number of amides is 4. The third kappa shape index (κ3) is 12.4. The molecule has 1 aromatic rings. The quantitative estimate of drug-likeness (QED) is 0.479. The Kier molecular flexibility index (Phi) is 9.96. The Bertz CT molecular complexity index is 744. The normalized spacial score (nSPS) is 11.2. The molecule has 4 amide bonds. The summed E-state index contributed by atoms with van der Waals surface area (Å²) in [5.41, 5.74) is -0.399. The van der Waals surface area contributed by atoms with Crippen LogP contribution in [0.2, 0.25) is 0 Å². The Labute approximate surface area is 188 Å². The summed E-state index contributed by atoms with van der Waals surface area (Å²) in [6.07, 6.45) is -1.14. The SMILES string of the molecule is CC(C)(C)OC(=O)NCCC(=O)Nc1ccccc1NC(=O)CCNC(=O)OC(C)(C)C. The molecule has 0 heterocycles. The fourth-order valence-corrected chi connectivity index (χ4v) is 2.31. The van der Waals surface area contributed by atoms with E-state index in [9.17, 15) is 19.2 Å². The standard InChI is InChI=1S/C22H34N4O6/c1-21(2,3)31-19(29)23-13-11-17(27)25-15-9-7-8-10-16(15)26-18(28)12-14-24-20(30)32-22(4,5)6/h7-10H,11-14H2,1-6H3,(H,23,29)(H,24,30)(H,25,27)(H,26,28). The molecule has 0 aliphatic heterocycles. The van der Waals surface area contributed by atoms with Crippen molar-refractivity contribution in [1.29, 1.82) is 0 Å². The first-order valence-electron chi connectivity index (χ1n) is 10.4. The van der Waals surface area contributed by atoms with Crippen molar-refractivity contribution in [3.8, 4) is 0 Å². The van der Waals surface area contributed by atoms with E-state index in [1.807, 2.05) is 0 Å². The maximum atomic E-state index is 12.2. The van der Waals surface area contributed by atoms with Crippen LogP contribution in [0, 0.1) is 0 Å². The third-order valence-electron chi connectivity index (χ3n) is 3.52. The highest BCUT2D eigenvalue weighted by molar-refractivity contribution is 5.99. The van der Waals surface area contributed by atoms with E-state index in [-0.39, 0.29) is 37.7 Å². The van der Waals surface area contributed by atoms with E-state index in [0.29, 0.717) is 11.4 Å². The van der Waals surface area contributed by atoms with E-state index >= 15 is 0 Å². The van der Waals surface area contributed by atoms with Crippen LogP contribution in [0.1, 0.15) is 54.4 Å². The van der Waals surface area contributed by atoms with Gasteiger partial charge in [-0.2, -0.15) is 0 Å². The minimum Gasteiger partial charge on any atom is -0.444 e. The Hall–Kier alpha value is -3.30. The molecule has 0 atom stereocenters. The lowest BCUT2D eigenvalue weighted by molar-refractivity contribution is -0.117. The fraction of sp³-hybridized carbons (Fsp3) is 0.545. The molecule has 0 saturated heterocycles. The number of benzene rings is 1. The molecule has 10 heteroatoms. The maximum Gasteiger partial charge on any atom is 0.407 e. The largest absolute Gasteiger partial charge is 0.444 e. The minimum atomic E-state index is -0.619. The van der Waals surface area contributed by atoms with Gasteiger partial charge < -0.3 is 30.7 Å². The molecule has 0 saturated carbocycles. The van der Waals surface area contributed by atoms with Gasteiger partial charge in [-0.3, -0.25) is 9.59 Å². The van der Waals surface area contributed by atoms with Crippen LogP contribution in [0.15, 0.2) is 24.3 Å². The number of carbonyl (C=O) groups excluding carboxylic acids is 4. The van der Waals surface area contributed by atoms with E-state index in [1.165, 1.54) is 0 Å². The van der Waals surface area contributed by atoms with Crippen LogP contribution in [-0.4, -0.2) is 48.3 Å². The Morgan fingerprint density at radius 3 is 1.34 bits per heavy atom. The number of hydrogen-bond acceptors (Lipinski definition) is 6. The molecule has 0 aromatic heterocycles. The highest BCUT2D eigenvalue weighted by atomic mass is 16.6. The zero-order valence-corrected chi connectivity index (χ0v) is 19.6. The van der Waals surface area contributed by atoms with Crippen LogP contribution in [-0.2, 0) is 19.1 Å². The lowest BCUT2D eigenvalue weighted by Crippen LogP contribution is -2.34. The smallest absolute Gasteiger partial charge is 0.407 e. The summed E-state index contributed by atoms with van der Waals surface area (Å²) in [6, 6.07) is 6.73. The summed E-state index contributed by atoms with van der Waals surface area (Å²) in [5, 5.41) is 10.4. The van der Waals surface area contributed by atoms with Crippen molar-refractivity contribution in [2.45, 2.75) is 65.6 Å². The Morgan fingerprint density at radius 2 is 1.03 bits per heavy atom. The van der Waals surface area contributed by atoms with Crippen molar-refractivity contribution in [2.75, 3.05) is 23.7 Å². The predicted molar refractivity (Wildman–Crippen MR) is 121 cm³/mol. The van der Waals surface area contributed by atoms with Gasteiger partial charge in [0.1, 0.15) is 11.2 Å². The second-order valence-electron chi connectivity index (χ2n) is 9.00. The molecule has 32 heavy (non-hydrogen) atoms. The number of rotatable bonds is 8. The summed E-state index contributed by atoms with van der Waals surface area (Å²) in [7, 11) is 0. The van der Waals surface area contributed by atoms with Crippen molar-refractivity contribution >= 4 is 35.4 Å². The van der Waals surface area contributed by atoms with Crippen molar-refractivity contribution in [3.05, 3.63) is 24.3 Å². The first kappa shape index (κ1) is 26.7. The number of ether oxygens (including phenoxy) is 2. The van der Waals surface area contributed by atoms with Gasteiger partial charge >= 0.3 is 12.2 Å². The van der Waals surface area contributed by atoms with E-state index < -0.39 is 23.4 Å². The molecular formula is C22H34N4O6. The van der Waals surface area contributed by atoms with Crippen LogP contribution >= 0.6 is 0 Å². The van der Waals surface area contributed by atoms with Crippen molar-refractivity contribution < 1.29 is 28.7 Å². The lowest BCUT2D eigenvalue weighted by atomic mass is 10.2. The van der Waals surface area contributed by atoms with Gasteiger partial charge in [-0.15, -0.1) is 0 Å². The van der Waals surface area contributed by atoms with Gasteiger partial charge in [-0.1, -0.05) is 12.1 Å². The highest BCUT2D eigenvalue weighted by Gasteiger charge is 2.17. The first-order chi connectivity index (χ1) is 14.7. The zero-order valence-electron chi connectivity index (χ0n) is 19.6. The predicted octanol–water partition coefficient (Wildman–Crippen LogP) is 3.39.